The smallest absolute Gasteiger partial charge is 0.388 e. The van der Waals surface area contributed by atoms with Gasteiger partial charge in [0.25, 0.3) is 0 Å². The first-order valence-electron chi connectivity index (χ1n) is 14.8. The molecule has 2 unspecified atom stereocenters. The maximum absolute atomic E-state index is 13.2. The highest BCUT2D eigenvalue weighted by Gasteiger charge is 2.55. The third kappa shape index (κ3) is 5.28. The molecule has 2 atom stereocenters. The number of benzene rings is 1. The van der Waals surface area contributed by atoms with Crippen LogP contribution in [0.1, 0.15) is 144 Å². The molecule has 0 bridgehead atoms. The van der Waals surface area contributed by atoms with E-state index in [-0.39, 0.29) is 10.8 Å². The molecular weight excluding hydrogens is 499 g/mol. The van der Waals surface area contributed by atoms with Gasteiger partial charge in [0.2, 0.25) is 0 Å². The number of aromatic nitrogens is 1. The van der Waals surface area contributed by atoms with Crippen LogP contribution in [0.25, 0.3) is 0 Å². The van der Waals surface area contributed by atoms with E-state index in [0.29, 0.717) is 6.42 Å². The number of hydrogen-bond acceptors (Lipinski definition) is 3. The Bertz CT molecular complexity index is 1200. The summed E-state index contributed by atoms with van der Waals surface area (Å²) < 4.78 is 46.6. The van der Waals surface area contributed by atoms with Crippen molar-refractivity contribution in [3.8, 4) is 0 Å². The Labute approximate surface area is 231 Å². The molecule has 4 aliphatic rings. The number of aliphatic hydroxyl groups is 1. The number of halogens is 3. The van der Waals surface area contributed by atoms with Crippen molar-refractivity contribution in [3.63, 3.8) is 0 Å². The molecule has 214 valence electrons. The molecule has 0 saturated heterocycles. The zero-order valence-electron chi connectivity index (χ0n) is 24.3. The van der Waals surface area contributed by atoms with Crippen LogP contribution in [0.4, 0.5) is 13.2 Å². The van der Waals surface area contributed by atoms with Gasteiger partial charge in [-0.3, -0.25) is 4.98 Å². The van der Waals surface area contributed by atoms with Crippen LogP contribution in [-0.2, 0) is 28.4 Å². The molecule has 1 aromatic heterocycles. The normalized spacial score (nSPS) is 25.7. The lowest BCUT2D eigenvalue weighted by atomic mass is 9.70. The van der Waals surface area contributed by atoms with E-state index < -0.39 is 29.5 Å². The summed E-state index contributed by atoms with van der Waals surface area (Å²) in [6.07, 6.45) is 3.30. The van der Waals surface area contributed by atoms with E-state index >= 15 is 0 Å². The van der Waals surface area contributed by atoms with E-state index in [1.54, 1.807) is 12.1 Å². The molecule has 2 aromatic rings. The van der Waals surface area contributed by atoms with Gasteiger partial charge >= 0.3 is 6.18 Å². The predicted molar refractivity (Wildman–Crippen MR) is 148 cm³/mol. The van der Waals surface area contributed by atoms with Gasteiger partial charge in [0, 0.05) is 22.2 Å². The molecule has 3 aliphatic carbocycles. The highest BCUT2D eigenvalue weighted by molar-refractivity contribution is 5.56. The van der Waals surface area contributed by atoms with Crippen molar-refractivity contribution in [1.29, 1.82) is 0 Å². The summed E-state index contributed by atoms with van der Waals surface area (Å²) in [5.41, 5.74) is 4.64. The minimum Gasteiger partial charge on any atom is -0.388 e. The Balaban J connectivity index is 0.000000567. The topological polar surface area (TPSA) is 42.4 Å². The Hall–Kier alpha value is -1.92. The first-order chi connectivity index (χ1) is 18.2. The van der Waals surface area contributed by atoms with Crippen LogP contribution in [0.3, 0.4) is 0 Å². The van der Waals surface area contributed by atoms with Crippen LogP contribution < -0.4 is 0 Å². The van der Waals surface area contributed by atoms with Crippen molar-refractivity contribution in [2.24, 2.45) is 11.3 Å². The number of nitrogens with zero attached hydrogens (tertiary/aromatic N) is 1. The Morgan fingerprint density at radius 1 is 1.00 bits per heavy atom. The fourth-order valence-electron chi connectivity index (χ4n) is 6.68. The lowest BCUT2D eigenvalue weighted by Crippen LogP contribution is -2.32. The minimum absolute atomic E-state index is 0.0372. The minimum atomic E-state index is -4.37. The first-order valence-corrected chi connectivity index (χ1v) is 14.8. The molecular formula is C33H44F3NO2. The standard InChI is InChI=1S/C28H32F3NO2.C5H12/c1-25(2)14-18-20(19(33)15-25)22-21(24(32-18)26(3)12-13-26)23(34-27(22)10-4-5-11-27)16-6-8-17(9-7-16)28(29,30)31;1-4-5(2)3/h6-9,19,23,33H,4-5,10-15H2,1-3H3;5H,4H2,1-3H3. The zero-order valence-corrected chi connectivity index (χ0v) is 24.3. The second-order valence-corrected chi connectivity index (χ2v) is 13.9. The molecule has 2 fully saturated rings. The van der Waals surface area contributed by atoms with Crippen LogP contribution in [0, 0.1) is 11.3 Å². The Kier molecular flexibility index (Phi) is 7.24. The summed E-state index contributed by atoms with van der Waals surface area (Å²) in [5.74, 6) is 0.884. The molecule has 6 heteroatoms. The molecule has 1 spiro atoms. The number of fused-ring (bicyclic) bond motifs is 4. The van der Waals surface area contributed by atoms with Crippen molar-refractivity contribution >= 4 is 0 Å². The SMILES string of the molecule is CC1(C)Cc2nc(C3(C)CC3)c3c(c2C(O)C1)C1(CCCC1)OC3c1ccc(C(F)(F)F)cc1.CCC(C)C. The Morgan fingerprint density at radius 3 is 2.10 bits per heavy atom. The van der Waals surface area contributed by atoms with Crippen molar-refractivity contribution in [1.82, 2.24) is 4.98 Å². The van der Waals surface area contributed by atoms with Crippen molar-refractivity contribution < 1.29 is 23.0 Å². The number of pyridine rings is 1. The van der Waals surface area contributed by atoms with Crippen molar-refractivity contribution in [2.75, 3.05) is 0 Å². The summed E-state index contributed by atoms with van der Waals surface area (Å²) in [4.78, 5) is 5.23. The van der Waals surface area contributed by atoms with Crippen LogP contribution in [-0.4, -0.2) is 10.1 Å². The third-order valence-electron chi connectivity index (χ3n) is 9.48. The number of rotatable bonds is 3. The molecule has 0 amide bonds. The number of hydrogen-bond donors (Lipinski definition) is 1. The van der Waals surface area contributed by atoms with Gasteiger partial charge in [0.1, 0.15) is 6.10 Å². The lowest BCUT2D eigenvalue weighted by Gasteiger charge is -2.38. The molecule has 2 saturated carbocycles. The lowest BCUT2D eigenvalue weighted by molar-refractivity contribution is -0.137. The van der Waals surface area contributed by atoms with Gasteiger partial charge in [0.15, 0.2) is 0 Å². The maximum Gasteiger partial charge on any atom is 0.416 e. The highest BCUT2D eigenvalue weighted by atomic mass is 19.4. The molecule has 1 aliphatic heterocycles. The fraction of sp³-hybridized carbons (Fsp3) is 0.667. The quantitative estimate of drug-likeness (QED) is 0.420. The van der Waals surface area contributed by atoms with Gasteiger partial charge < -0.3 is 9.84 Å². The second-order valence-electron chi connectivity index (χ2n) is 13.9. The van der Waals surface area contributed by atoms with Gasteiger partial charge in [-0.2, -0.15) is 13.2 Å². The molecule has 2 heterocycles. The number of ether oxygens (including phenoxy) is 1. The molecule has 1 aromatic carbocycles. The van der Waals surface area contributed by atoms with Gasteiger partial charge in [0.05, 0.1) is 23.0 Å². The van der Waals surface area contributed by atoms with Gasteiger partial charge in [-0.15, -0.1) is 0 Å². The maximum atomic E-state index is 13.2. The van der Waals surface area contributed by atoms with E-state index in [2.05, 4.69) is 41.5 Å². The van der Waals surface area contributed by atoms with Gasteiger partial charge in [-0.05, 0) is 73.1 Å². The Morgan fingerprint density at radius 2 is 1.59 bits per heavy atom. The van der Waals surface area contributed by atoms with E-state index in [1.807, 2.05) is 0 Å². The van der Waals surface area contributed by atoms with Crippen LogP contribution >= 0.6 is 0 Å². The first kappa shape index (κ1) is 28.6. The summed E-state index contributed by atoms with van der Waals surface area (Å²) in [6.45, 7) is 13.2. The largest absolute Gasteiger partial charge is 0.416 e. The summed E-state index contributed by atoms with van der Waals surface area (Å²) in [7, 11) is 0. The van der Waals surface area contributed by atoms with Gasteiger partial charge in [-0.25, -0.2) is 0 Å². The van der Waals surface area contributed by atoms with Crippen molar-refractivity contribution in [2.45, 2.75) is 129 Å². The summed E-state index contributed by atoms with van der Waals surface area (Å²) >= 11 is 0. The highest BCUT2D eigenvalue weighted by Crippen LogP contribution is 2.62. The zero-order chi connectivity index (χ0) is 28.4. The van der Waals surface area contributed by atoms with Gasteiger partial charge in [-0.1, -0.05) is 72.9 Å². The van der Waals surface area contributed by atoms with E-state index in [0.717, 1.165) is 96.6 Å². The van der Waals surface area contributed by atoms with E-state index in [4.69, 9.17) is 9.72 Å². The summed E-state index contributed by atoms with van der Waals surface area (Å²) in [5, 5.41) is 11.4. The average Bonchev–Trinajstić information content (AvgIpc) is 3.30. The molecule has 39 heavy (non-hydrogen) atoms. The van der Waals surface area contributed by atoms with Crippen LogP contribution in [0.2, 0.25) is 0 Å². The number of alkyl halides is 3. The molecule has 0 radical (unpaired) electrons. The molecule has 1 N–H and O–H groups in total. The second kappa shape index (κ2) is 9.87. The fourth-order valence-corrected chi connectivity index (χ4v) is 6.68. The third-order valence-corrected chi connectivity index (χ3v) is 9.48. The van der Waals surface area contributed by atoms with Crippen LogP contribution in [0.5, 0.6) is 0 Å². The molecule has 6 rings (SSSR count). The van der Waals surface area contributed by atoms with Crippen LogP contribution in [0.15, 0.2) is 24.3 Å². The van der Waals surface area contributed by atoms with E-state index in [9.17, 15) is 18.3 Å². The molecule has 3 nitrogen and oxygen atoms in total. The van der Waals surface area contributed by atoms with Crippen molar-refractivity contribution in [3.05, 3.63) is 63.5 Å². The number of aliphatic hydroxyl groups excluding tert-OH is 1. The van der Waals surface area contributed by atoms with E-state index in [1.165, 1.54) is 6.42 Å². The summed E-state index contributed by atoms with van der Waals surface area (Å²) in [6, 6.07) is 5.42. The predicted octanol–water partition coefficient (Wildman–Crippen LogP) is 9.10. The monoisotopic (exact) mass is 543 g/mol. The average molecular weight is 544 g/mol.